The molecule has 1 heterocycles. The van der Waals surface area contributed by atoms with E-state index in [0.29, 0.717) is 18.4 Å². The van der Waals surface area contributed by atoms with Crippen LogP contribution in [0.5, 0.6) is 0 Å². The molecule has 1 fully saturated rings. The van der Waals surface area contributed by atoms with Crippen LogP contribution in [0, 0.1) is 24.1 Å². The number of carbonyl (C=O) groups excluding carboxylic acids is 1. The molecule has 1 N–H and O–H groups in total. The standard InChI is InChI=1S/C15H18FN3O/c1-11-3-4-12(9-13(11)16)14(20)18-15(10-17)5-7-19(2)8-6-15/h3-4,9H,5-8H2,1-2H3,(H,18,20). The van der Waals surface area contributed by atoms with E-state index in [1.54, 1.807) is 19.1 Å². The highest BCUT2D eigenvalue weighted by Gasteiger charge is 2.35. The lowest BCUT2D eigenvalue weighted by Gasteiger charge is -2.36. The van der Waals surface area contributed by atoms with Gasteiger partial charge in [0.15, 0.2) is 0 Å². The van der Waals surface area contributed by atoms with E-state index in [0.717, 1.165) is 13.1 Å². The fraction of sp³-hybridized carbons (Fsp3) is 0.467. The number of amides is 1. The molecule has 0 spiro atoms. The van der Waals surface area contributed by atoms with Crippen LogP contribution >= 0.6 is 0 Å². The van der Waals surface area contributed by atoms with Gasteiger partial charge in [0.05, 0.1) is 6.07 Å². The van der Waals surface area contributed by atoms with Crippen LogP contribution in [0.2, 0.25) is 0 Å². The summed E-state index contributed by atoms with van der Waals surface area (Å²) >= 11 is 0. The molecular formula is C15H18FN3O. The second-order valence-corrected chi connectivity index (χ2v) is 5.42. The summed E-state index contributed by atoms with van der Waals surface area (Å²) in [6.07, 6.45) is 1.17. The van der Waals surface area contributed by atoms with E-state index in [2.05, 4.69) is 16.3 Å². The van der Waals surface area contributed by atoms with Gasteiger partial charge in [-0.25, -0.2) is 4.39 Å². The summed E-state index contributed by atoms with van der Waals surface area (Å²) in [6.45, 7) is 3.16. The minimum absolute atomic E-state index is 0.252. The number of likely N-dealkylation sites (tertiary alicyclic amines) is 1. The van der Waals surface area contributed by atoms with Crippen molar-refractivity contribution in [3.8, 4) is 6.07 Å². The van der Waals surface area contributed by atoms with Crippen molar-refractivity contribution in [2.45, 2.75) is 25.3 Å². The molecule has 1 aliphatic heterocycles. The van der Waals surface area contributed by atoms with Crippen LogP contribution in [0.15, 0.2) is 18.2 Å². The fourth-order valence-corrected chi connectivity index (χ4v) is 2.29. The molecule has 0 saturated carbocycles. The summed E-state index contributed by atoms with van der Waals surface area (Å²) in [4.78, 5) is 14.3. The van der Waals surface area contributed by atoms with Gasteiger partial charge in [-0.15, -0.1) is 0 Å². The highest BCUT2D eigenvalue weighted by Crippen LogP contribution is 2.21. The molecule has 0 unspecified atom stereocenters. The number of nitrogens with zero attached hydrogens (tertiary/aromatic N) is 2. The number of hydrogen-bond acceptors (Lipinski definition) is 3. The minimum atomic E-state index is -0.842. The molecule has 0 atom stereocenters. The molecule has 1 aromatic rings. The highest BCUT2D eigenvalue weighted by atomic mass is 19.1. The zero-order valence-electron chi connectivity index (χ0n) is 11.7. The summed E-state index contributed by atoms with van der Waals surface area (Å²) in [5, 5.41) is 12.1. The number of nitrogens with one attached hydrogen (secondary N) is 1. The van der Waals surface area contributed by atoms with Crippen molar-refractivity contribution in [3.63, 3.8) is 0 Å². The van der Waals surface area contributed by atoms with Crippen LogP contribution in [0.1, 0.15) is 28.8 Å². The first-order valence-electron chi connectivity index (χ1n) is 6.64. The first-order chi connectivity index (χ1) is 9.46. The summed E-state index contributed by atoms with van der Waals surface area (Å²) in [6, 6.07) is 6.57. The molecule has 5 heteroatoms. The van der Waals surface area contributed by atoms with E-state index in [9.17, 15) is 14.4 Å². The molecule has 2 rings (SSSR count). The Hall–Kier alpha value is -1.93. The number of piperidine rings is 1. The Kier molecular flexibility index (Phi) is 4.05. The molecular weight excluding hydrogens is 257 g/mol. The van der Waals surface area contributed by atoms with Crippen molar-refractivity contribution in [2.24, 2.45) is 0 Å². The Morgan fingerprint density at radius 2 is 2.10 bits per heavy atom. The van der Waals surface area contributed by atoms with Crippen LogP contribution in [-0.2, 0) is 0 Å². The highest BCUT2D eigenvalue weighted by molar-refractivity contribution is 5.95. The molecule has 1 amide bonds. The van der Waals surface area contributed by atoms with E-state index in [4.69, 9.17) is 0 Å². The van der Waals surface area contributed by atoms with E-state index in [1.165, 1.54) is 6.07 Å². The Morgan fingerprint density at radius 1 is 1.45 bits per heavy atom. The van der Waals surface area contributed by atoms with Gasteiger partial charge >= 0.3 is 0 Å². The maximum absolute atomic E-state index is 13.5. The molecule has 1 aliphatic rings. The monoisotopic (exact) mass is 275 g/mol. The first-order valence-corrected chi connectivity index (χ1v) is 6.64. The molecule has 0 aliphatic carbocycles. The van der Waals surface area contributed by atoms with Crippen LogP contribution in [0.3, 0.4) is 0 Å². The summed E-state index contributed by atoms with van der Waals surface area (Å²) < 4.78 is 13.5. The number of rotatable bonds is 2. The predicted octanol–water partition coefficient (Wildman–Crippen LogP) is 1.85. The van der Waals surface area contributed by atoms with Crippen LogP contribution in [-0.4, -0.2) is 36.5 Å². The van der Waals surface area contributed by atoms with Crippen molar-refractivity contribution >= 4 is 5.91 Å². The predicted molar refractivity (Wildman–Crippen MR) is 73.7 cm³/mol. The van der Waals surface area contributed by atoms with Gasteiger partial charge in [-0.3, -0.25) is 4.79 Å². The third-order valence-electron chi connectivity index (χ3n) is 3.84. The maximum Gasteiger partial charge on any atom is 0.252 e. The third-order valence-corrected chi connectivity index (χ3v) is 3.84. The van der Waals surface area contributed by atoms with Gasteiger partial charge in [-0.05, 0) is 44.5 Å². The van der Waals surface area contributed by atoms with Crippen molar-refractivity contribution in [3.05, 3.63) is 35.1 Å². The molecule has 20 heavy (non-hydrogen) atoms. The summed E-state index contributed by atoms with van der Waals surface area (Å²) in [5.74, 6) is -0.804. The molecule has 1 saturated heterocycles. The van der Waals surface area contributed by atoms with Crippen LogP contribution in [0.4, 0.5) is 4.39 Å². The summed E-state index contributed by atoms with van der Waals surface area (Å²) in [5.41, 5.74) is -0.0946. The quantitative estimate of drug-likeness (QED) is 0.896. The second kappa shape index (κ2) is 5.59. The SMILES string of the molecule is Cc1ccc(C(=O)NC2(C#N)CCN(C)CC2)cc1F. The Balaban J connectivity index is 2.13. The third kappa shape index (κ3) is 2.97. The van der Waals surface area contributed by atoms with E-state index in [1.807, 2.05) is 7.05 Å². The van der Waals surface area contributed by atoms with E-state index < -0.39 is 17.3 Å². The van der Waals surface area contributed by atoms with Gasteiger partial charge in [0, 0.05) is 18.7 Å². The van der Waals surface area contributed by atoms with Crippen molar-refractivity contribution in [1.29, 1.82) is 5.26 Å². The lowest BCUT2D eigenvalue weighted by atomic mass is 9.89. The molecule has 0 radical (unpaired) electrons. The van der Waals surface area contributed by atoms with Crippen molar-refractivity contribution in [1.82, 2.24) is 10.2 Å². The smallest absolute Gasteiger partial charge is 0.252 e. The molecule has 4 nitrogen and oxygen atoms in total. The Labute approximate surface area is 118 Å². The van der Waals surface area contributed by atoms with E-state index >= 15 is 0 Å². The molecule has 1 aromatic carbocycles. The number of hydrogen-bond donors (Lipinski definition) is 1. The average molecular weight is 275 g/mol. The maximum atomic E-state index is 13.5. The summed E-state index contributed by atoms with van der Waals surface area (Å²) in [7, 11) is 1.98. The van der Waals surface area contributed by atoms with Crippen LogP contribution in [0.25, 0.3) is 0 Å². The zero-order valence-corrected chi connectivity index (χ0v) is 11.7. The zero-order chi connectivity index (χ0) is 14.8. The average Bonchev–Trinajstić information content (AvgIpc) is 2.44. The number of nitriles is 1. The van der Waals surface area contributed by atoms with Gasteiger partial charge in [-0.1, -0.05) is 6.07 Å². The van der Waals surface area contributed by atoms with Crippen molar-refractivity contribution in [2.75, 3.05) is 20.1 Å². The number of benzene rings is 1. The van der Waals surface area contributed by atoms with Gasteiger partial charge in [0.25, 0.3) is 5.91 Å². The van der Waals surface area contributed by atoms with Crippen molar-refractivity contribution < 1.29 is 9.18 Å². The first kappa shape index (κ1) is 14.5. The van der Waals surface area contributed by atoms with Gasteiger partial charge in [-0.2, -0.15) is 5.26 Å². The minimum Gasteiger partial charge on any atom is -0.334 e. The normalized spacial score (nSPS) is 18.3. The van der Waals surface area contributed by atoms with Crippen LogP contribution < -0.4 is 5.32 Å². The topological polar surface area (TPSA) is 56.1 Å². The van der Waals surface area contributed by atoms with Gasteiger partial charge in [0.1, 0.15) is 11.4 Å². The fourth-order valence-electron chi connectivity index (χ4n) is 2.29. The number of halogens is 1. The largest absolute Gasteiger partial charge is 0.334 e. The second-order valence-electron chi connectivity index (χ2n) is 5.42. The molecule has 106 valence electrons. The molecule has 0 bridgehead atoms. The number of aryl methyl sites for hydroxylation is 1. The Bertz CT molecular complexity index is 557. The van der Waals surface area contributed by atoms with E-state index in [-0.39, 0.29) is 5.56 Å². The lowest BCUT2D eigenvalue weighted by molar-refractivity contribution is 0.0881. The lowest BCUT2D eigenvalue weighted by Crippen LogP contribution is -2.53. The van der Waals surface area contributed by atoms with Gasteiger partial charge in [0.2, 0.25) is 0 Å². The number of carbonyl (C=O) groups is 1. The Morgan fingerprint density at radius 3 is 2.65 bits per heavy atom. The van der Waals surface area contributed by atoms with Gasteiger partial charge < -0.3 is 10.2 Å². The molecule has 0 aromatic heterocycles.